The van der Waals surface area contributed by atoms with Crippen LogP contribution in [-0.2, 0) is 21.1 Å². The fourth-order valence-electron chi connectivity index (χ4n) is 4.37. The van der Waals surface area contributed by atoms with E-state index >= 15 is 0 Å². The second kappa shape index (κ2) is 14.3. The molecule has 0 aliphatic carbocycles. The van der Waals surface area contributed by atoms with Crippen molar-refractivity contribution in [1.29, 1.82) is 0 Å². The number of aliphatic hydroxyl groups is 1. The summed E-state index contributed by atoms with van der Waals surface area (Å²) in [5, 5.41) is 14.3. The summed E-state index contributed by atoms with van der Waals surface area (Å²) in [5.74, 6) is 1.23. The maximum Gasteiger partial charge on any atom is 0.168 e. The summed E-state index contributed by atoms with van der Waals surface area (Å²) in [4.78, 5) is 8.80. The smallest absolute Gasteiger partial charge is 0.168 e. The van der Waals surface area contributed by atoms with Crippen molar-refractivity contribution in [3.05, 3.63) is 58.5 Å². The predicted molar refractivity (Wildman–Crippen MR) is 144 cm³/mol. The van der Waals surface area contributed by atoms with E-state index in [-0.39, 0.29) is 33.7 Å². The van der Waals surface area contributed by atoms with Crippen LogP contribution in [0, 0.1) is 6.92 Å². The van der Waals surface area contributed by atoms with Gasteiger partial charge in [-0.25, -0.2) is 0 Å². The number of aliphatic hydroxyl groups excluding tert-OH is 1. The molecule has 3 rings (SSSR count). The van der Waals surface area contributed by atoms with Crippen LogP contribution in [0.4, 0.5) is 11.4 Å². The topological polar surface area (TPSA) is 97.7 Å². The first kappa shape index (κ1) is 29.7. The minimum Gasteiger partial charge on any atom is -0.678 e. The van der Waals surface area contributed by atoms with Gasteiger partial charge in [-0.2, -0.15) is 0 Å². The van der Waals surface area contributed by atoms with Crippen LogP contribution >= 0.6 is 0 Å². The van der Waals surface area contributed by atoms with Crippen LogP contribution in [0.5, 0.6) is 11.5 Å². The molecule has 0 saturated carbocycles. The summed E-state index contributed by atoms with van der Waals surface area (Å²) in [6.45, 7) is 8.86. The fraction of sp³-hybridized carbons (Fsp3) is 0.444. The normalized spacial score (nSPS) is 15.5. The molecule has 1 aliphatic rings. The van der Waals surface area contributed by atoms with Crippen LogP contribution in [0.15, 0.2) is 41.5 Å². The van der Waals surface area contributed by atoms with Gasteiger partial charge in [-0.3, -0.25) is 9.89 Å². The SMILES string of the molecule is CN=C/C(=C\N)c1cc(C(C)[N-]c2cc(N3CCN(CCO)CC3)ccc2C)cc(OC)c1OC.[W]. The van der Waals surface area contributed by atoms with Crippen LogP contribution in [0.2, 0.25) is 0 Å². The molecular weight excluding hydrogens is 626 g/mol. The maximum atomic E-state index is 9.20. The summed E-state index contributed by atoms with van der Waals surface area (Å²) in [7, 11) is 4.95. The molecule has 9 heteroatoms. The van der Waals surface area contributed by atoms with Gasteiger partial charge in [0, 0.05) is 90.1 Å². The first-order chi connectivity index (χ1) is 16.9. The van der Waals surface area contributed by atoms with Gasteiger partial charge in [-0.15, -0.1) is 5.69 Å². The molecule has 1 fully saturated rings. The molecule has 0 aromatic heterocycles. The van der Waals surface area contributed by atoms with Crippen LogP contribution in [-0.4, -0.2) is 76.8 Å². The van der Waals surface area contributed by atoms with E-state index in [4.69, 9.17) is 20.5 Å². The first-order valence-corrected chi connectivity index (χ1v) is 12.0. The Balaban J connectivity index is 0.00000456. The number of aliphatic imine (C=N–C) groups is 1. The molecule has 8 nitrogen and oxygen atoms in total. The second-order valence-corrected chi connectivity index (χ2v) is 8.64. The van der Waals surface area contributed by atoms with E-state index in [1.54, 1.807) is 27.5 Å². The maximum absolute atomic E-state index is 9.20. The van der Waals surface area contributed by atoms with Gasteiger partial charge in [0.05, 0.1) is 20.8 Å². The van der Waals surface area contributed by atoms with Gasteiger partial charge in [0.2, 0.25) is 0 Å². The molecule has 1 atom stereocenters. The molecule has 0 spiro atoms. The number of allylic oxidation sites excluding steroid dienone is 1. The van der Waals surface area contributed by atoms with E-state index in [1.165, 1.54) is 11.9 Å². The Bertz CT molecular complexity index is 1050. The van der Waals surface area contributed by atoms with E-state index in [1.807, 2.05) is 12.1 Å². The van der Waals surface area contributed by atoms with Gasteiger partial charge in [0.1, 0.15) is 0 Å². The summed E-state index contributed by atoms with van der Waals surface area (Å²) in [5.41, 5.74) is 11.7. The number of hydrogen-bond acceptors (Lipinski definition) is 7. The molecule has 0 radical (unpaired) electrons. The molecule has 3 N–H and O–H groups in total. The Morgan fingerprint density at radius 2 is 1.89 bits per heavy atom. The Morgan fingerprint density at radius 3 is 2.47 bits per heavy atom. The van der Waals surface area contributed by atoms with Gasteiger partial charge in [0.15, 0.2) is 11.5 Å². The number of benzene rings is 2. The number of nitrogens with zero attached hydrogens (tertiary/aromatic N) is 4. The van der Waals surface area contributed by atoms with Gasteiger partial charge in [0.25, 0.3) is 0 Å². The van der Waals surface area contributed by atoms with Crippen LogP contribution in [0.1, 0.15) is 29.7 Å². The Labute approximate surface area is 229 Å². The monoisotopic (exact) mass is 664 g/mol. The zero-order valence-corrected chi connectivity index (χ0v) is 24.8. The number of piperazine rings is 1. The number of anilines is 1. The van der Waals surface area contributed by atoms with Crippen molar-refractivity contribution in [2.75, 3.05) is 65.5 Å². The number of β-amino-alcohol motifs (C(OH)–C–C–N with tert-alkyl or cyclic N) is 1. The third-order valence-electron chi connectivity index (χ3n) is 6.42. The summed E-state index contributed by atoms with van der Waals surface area (Å²) >= 11 is 0. The molecule has 2 aromatic carbocycles. The summed E-state index contributed by atoms with van der Waals surface area (Å²) in [6, 6.07) is 10.3. The molecule has 0 bridgehead atoms. The zero-order chi connectivity index (χ0) is 25.4. The predicted octanol–water partition coefficient (Wildman–Crippen LogP) is 3.89. The van der Waals surface area contributed by atoms with Crippen molar-refractivity contribution >= 4 is 23.2 Å². The number of hydrogen-bond donors (Lipinski definition) is 2. The van der Waals surface area contributed by atoms with Crippen molar-refractivity contribution in [2.45, 2.75) is 19.9 Å². The van der Waals surface area contributed by atoms with E-state index in [0.717, 1.165) is 60.7 Å². The van der Waals surface area contributed by atoms with Crippen LogP contribution in [0.25, 0.3) is 10.9 Å². The first-order valence-electron chi connectivity index (χ1n) is 12.0. The molecule has 1 unspecified atom stereocenters. The molecular formula is C27H38N5O3W-. The van der Waals surface area contributed by atoms with Crippen molar-refractivity contribution in [3.63, 3.8) is 0 Å². The number of methoxy groups -OCH3 is 2. The Kier molecular flexibility index (Phi) is 11.8. The Hall–Kier alpha value is -2.54. The number of nitrogens with two attached hydrogens (primary N) is 1. The van der Waals surface area contributed by atoms with Gasteiger partial charge in [-0.1, -0.05) is 36.2 Å². The standard InChI is InChI=1S/C27H38N5O3.W/c1-19-6-7-23(32-10-8-31(9-11-32)12-13-33)16-25(19)30-20(2)21-14-24(22(17-28)18-29-3)27(35-5)26(15-21)34-4;/h6-7,14-18,20,33H,8-13,28H2,1-5H3;/q-1;/b22-17+,29-18?;. The summed E-state index contributed by atoms with van der Waals surface area (Å²) in [6.07, 6.45) is 3.22. The fourth-order valence-corrected chi connectivity index (χ4v) is 4.37. The number of aryl methyl sites for hydroxylation is 1. The molecule has 0 amide bonds. The molecule has 1 aliphatic heterocycles. The molecule has 1 saturated heterocycles. The zero-order valence-electron chi connectivity index (χ0n) is 21.9. The Morgan fingerprint density at radius 1 is 1.17 bits per heavy atom. The van der Waals surface area contributed by atoms with Gasteiger partial charge >= 0.3 is 0 Å². The van der Waals surface area contributed by atoms with E-state index < -0.39 is 0 Å². The van der Waals surface area contributed by atoms with Crippen molar-refractivity contribution in [3.8, 4) is 11.5 Å². The third kappa shape index (κ3) is 7.02. The largest absolute Gasteiger partial charge is 0.678 e. The van der Waals surface area contributed by atoms with E-state index in [2.05, 4.69) is 46.8 Å². The van der Waals surface area contributed by atoms with Crippen molar-refractivity contribution in [2.24, 2.45) is 10.7 Å². The average molecular weight is 664 g/mol. The van der Waals surface area contributed by atoms with Gasteiger partial charge < -0.3 is 30.5 Å². The quantitative estimate of drug-likeness (QED) is 0.375. The number of ether oxygens (including phenoxy) is 2. The molecule has 196 valence electrons. The van der Waals surface area contributed by atoms with Crippen molar-refractivity contribution in [1.82, 2.24) is 4.90 Å². The molecule has 1 heterocycles. The van der Waals surface area contributed by atoms with Crippen LogP contribution in [0.3, 0.4) is 0 Å². The third-order valence-corrected chi connectivity index (χ3v) is 6.42. The second-order valence-electron chi connectivity index (χ2n) is 8.64. The minimum absolute atomic E-state index is 0. The number of rotatable bonds is 10. The van der Waals surface area contributed by atoms with E-state index in [9.17, 15) is 5.11 Å². The average Bonchev–Trinajstić information content (AvgIpc) is 2.88. The summed E-state index contributed by atoms with van der Waals surface area (Å²) < 4.78 is 11.3. The van der Waals surface area contributed by atoms with Gasteiger partial charge in [-0.05, 0) is 25.1 Å². The van der Waals surface area contributed by atoms with E-state index in [0.29, 0.717) is 11.5 Å². The molecule has 2 aromatic rings. The van der Waals surface area contributed by atoms with Crippen LogP contribution < -0.4 is 20.1 Å². The molecule has 36 heavy (non-hydrogen) atoms. The minimum atomic E-state index is -0.124. The van der Waals surface area contributed by atoms with Crippen molar-refractivity contribution < 1.29 is 35.6 Å².